The van der Waals surface area contributed by atoms with Crippen LogP contribution in [0.25, 0.3) is 0 Å². The Morgan fingerprint density at radius 3 is 2.64 bits per heavy atom. The van der Waals surface area contributed by atoms with Crippen LogP contribution in [0.2, 0.25) is 0 Å². The molecule has 8 heteroatoms. The standard InChI is InChI=1S/C20H23N3O5/c24-16(21-15-7-6-13-4-3-5-14(13)10-15)12-28-17(25)11-23-18(26)20(22-19(23)27)8-1-2-9-20/h6-7,10H,1-5,8-9,11-12H2,(H,21,24)(H,22,27). The third-order valence-electron chi connectivity index (χ3n) is 5.74. The van der Waals surface area contributed by atoms with E-state index in [1.54, 1.807) is 0 Å². The Bertz CT molecular complexity index is 844. The minimum absolute atomic E-state index is 0.380. The van der Waals surface area contributed by atoms with Crippen molar-refractivity contribution in [3.63, 3.8) is 0 Å². The Hall–Kier alpha value is -2.90. The van der Waals surface area contributed by atoms with Crippen molar-refractivity contribution >= 4 is 29.5 Å². The van der Waals surface area contributed by atoms with Crippen molar-refractivity contribution in [1.29, 1.82) is 0 Å². The van der Waals surface area contributed by atoms with Crippen LogP contribution in [-0.4, -0.2) is 47.4 Å². The summed E-state index contributed by atoms with van der Waals surface area (Å²) in [7, 11) is 0. The van der Waals surface area contributed by atoms with E-state index in [-0.39, 0.29) is 5.91 Å². The van der Waals surface area contributed by atoms with Gasteiger partial charge < -0.3 is 15.4 Å². The fraction of sp³-hybridized carbons (Fsp3) is 0.500. The van der Waals surface area contributed by atoms with Crippen LogP contribution in [-0.2, 0) is 32.0 Å². The van der Waals surface area contributed by atoms with Crippen LogP contribution in [0.1, 0.15) is 43.2 Å². The monoisotopic (exact) mass is 385 g/mol. The number of aryl methyl sites for hydroxylation is 2. The van der Waals surface area contributed by atoms with E-state index >= 15 is 0 Å². The van der Waals surface area contributed by atoms with Crippen molar-refractivity contribution in [1.82, 2.24) is 10.2 Å². The van der Waals surface area contributed by atoms with E-state index < -0.39 is 36.6 Å². The summed E-state index contributed by atoms with van der Waals surface area (Å²) in [6, 6.07) is 5.20. The molecule has 8 nitrogen and oxygen atoms in total. The quantitative estimate of drug-likeness (QED) is 0.591. The predicted molar refractivity (Wildman–Crippen MR) is 99.5 cm³/mol. The van der Waals surface area contributed by atoms with Crippen LogP contribution in [0.4, 0.5) is 10.5 Å². The van der Waals surface area contributed by atoms with Crippen LogP contribution in [0.5, 0.6) is 0 Å². The molecule has 2 fully saturated rings. The number of rotatable bonds is 5. The Kier molecular flexibility index (Phi) is 4.78. The van der Waals surface area contributed by atoms with Gasteiger partial charge in [0.25, 0.3) is 11.8 Å². The van der Waals surface area contributed by atoms with Crippen LogP contribution in [0.3, 0.4) is 0 Å². The first-order valence-corrected chi connectivity index (χ1v) is 9.68. The molecule has 148 valence electrons. The van der Waals surface area contributed by atoms with Gasteiger partial charge in [0.2, 0.25) is 0 Å². The first-order chi connectivity index (χ1) is 13.5. The summed E-state index contributed by atoms with van der Waals surface area (Å²) in [5.41, 5.74) is 2.34. The summed E-state index contributed by atoms with van der Waals surface area (Å²) in [5.74, 6) is -1.63. The molecule has 3 aliphatic rings. The lowest BCUT2D eigenvalue weighted by molar-refractivity contribution is -0.150. The summed E-state index contributed by atoms with van der Waals surface area (Å²) < 4.78 is 4.95. The molecule has 1 aromatic rings. The molecule has 0 atom stereocenters. The predicted octanol–water partition coefficient (Wildman–Crippen LogP) is 1.52. The number of fused-ring (bicyclic) bond motifs is 1. The second-order valence-corrected chi connectivity index (χ2v) is 7.66. The number of esters is 1. The molecule has 0 radical (unpaired) electrons. The second kappa shape index (κ2) is 7.26. The summed E-state index contributed by atoms with van der Waals surface area (Å²) in [5, 5.41) is 5.40. The van der Waals surface area contributed by atoms with E-state index in [4.69, 9.17) is 4.74 Å². The zero-order valence-corrected chi connectivity index (χ0v) is 15.6. The van der Waals surface area contributed by atoms with Gasteiger partial charge in [-0.25, -0.2) is 4.79 Å². The average molecular weight is 385 g/mol. The maximum absolute atomic E-state index is 12.5. The molecule has 28 heavy (non-hydrogen) atoms. The number of amides is 4. The SMILES string of the molecule is O=C(COC(=O)CN1C(=O)NC2(CCCC2)C1=O)Nc1ccc2c(c1)CCC2. The number of nitrogens with zero attached hydrogens (tertiary/aromatic N) is 1. The van der Waals surface area contributed by atoms with E-state index in [0.717, 1.165) is 37.0 Å². The minimum atomic E-state index is -0.859. The highest BCUT2D eigenvalue weighted by Gasteiger charge is 2.52. The number of imide groups is 1. The smallest absolute Gasteiger partial charge is 0.326 e. The molecule has 4 rings (SSSR count). The molecule has 1 spiro atoms. The summed E-state index contributed by atoms with van der Waals surface area (Å²) in [6.07, 6.45) is 6.10. The molecule has 0 aromatic heterocycles. The molecule has 0 bridgehead atoms. The largest absolute Gasteiger partial charge is 0.454 e. The number of anilines is 1. The van der Waals surface area contributed by atoms with Gasteiger partial charge in [0.05, 0.1) is 0 Å². The molecule has 1 aliphatic heterocycles. The van der Waals surface area contributed by atoms with Crippen molar-refractivity contribution in [3.05, 3.63) is 29.3 Å². The molecular weight excluding hydrogens is 362 g/mol. The lowest BCUT2D eigenvalue weighted by atomic mass is 9.98. The molecule has 1 saturated carbocycles. The number of nitrogens with one attached hydrogen (secondary N) is 2. The molecule has 2 N–H and O–H groups in total. The Morgan fingerprint density at radius 1 is 1.11 bits per heavy atom. The molecule has 2 aliphatic carbocycles. The van der Waals surface area contributed by atoms with Crippen molar-refractivity contribution in [3.8, 4) is 0 Å². The summed E-state index contributed by atoms with van der Waals surface area (Å²) in [4.78, 5) is 49.5. The van der Waals surface area contributed by atoms with Gasteiger partial charge in [-0.3, -0.25) is 19.3 Å². The van der Waals surface area contributed by atoms with Crippen LogP contribution < -0.4 is 10.6 Å². The topological polar surface area (TPSA) is 105 Å². The third kappa shape index (κ3) is 3.46. The molecule has 0 unspecified atom stereocenters. The van der Waals surface area contributed by atoms with Crippen LogP contribution in [0, 0.1) is 0 Å². The number of benzene rings is 1. The summed E-state index contributed by atoms with van der Waals surface area (Å²) >= 11 is 0. The highest BCUT2D eigenvalue weighted by Crippen LogP contribution is 2.34. The second-order valence-electron chi connectivity index (χ2n) is 7.66. The van der Waals surface area contributed by atoms with Crippen molar-refractivity contribution in [2.45, 2.75) is 50.5 Å². The van der Waals surface area contributed by atoms with Gasteiger partial charge in [-0.05, 0) is 55.4 Å². The highest BCUT2D eigenvalue weighted by molar-refractivity contribution is 6.09. The van der Waals surface area contributed by atoms with E-state index in [2.05, 4.69) is 10.6 Å². The maximum Gasteiger partial charge on any atom is 0.326 e. The zero-order valence-electron chi connectivity index (χ0n) is 15.6. The van der Waals surface area contributed by atoms with Gasteiger partial charge in [-0.15, -0.1) is 0 Å². The fourth-order valence-corrected chi connectivity index (χ4v) is 4.30. The van der Waals surface area contributed by atoms with Gasteiger partial charge in [-0.1, -0.05) is 18.9 Å². The maximum atomic E-state index is 12.5. The molecular formula is C20H23N3O5. The lowest BCUT2D eigenvalue weighted by Crippen LogP contribution is -2.44. The van der Waals surface area contributed by atoms with Gasteiger partial charge >= 0.3 is 12.0 Å². The number of ether oxygens (including phenoxy) is 1. The molecule has 4 amide bonds. The van der Waals surface area contributed by atoms with Gasteiger partial charge in [0.1, 0.15) is 12.1 Å². The van der Waals surface area contributed by atoms with Crippen molar-refractivity contribution < 1.29 is 23.9 Å². The van der Waals surface area contributed by atoms with E-state index in [9.17, 15) is 19.2 Å². The average Bonchev–Trinajstić information content (AvgIpc) is 3.37. The van der Waals surface area contributed by atoms with Gasteiger partial charge in [0, 0.05) is 5.69 Å². The van der Waals surface area contributed by atoms with Crippen molar-refractivity contribution in [2.75, 3.05) is 18.5 Å². The zero-order chi connectivity index (χ0) is 19.7. The fourth-order valence-electron chi connectivity index (χ4n) is 4.30. The first-order valence-electron chi connectivity index (χ1n) is 9.68. The highest BCUT2D eigenvalue weighted by atomic mass is 16.5. The van der Waals surface area contributed by atoms with E-state index in [1.807, 2.05) is 18.2 Å². The Balaban J connectivity index is 1.27. The number of carbonyl (C=O) groups excluding carboxylic acids is 4. The van der Waals surface area contributed by atoms with Crippen LogP contribution in [0.15, 0.2) is 18.2 Å². The van der Waals surface area contributed by atoms with Crippen molar-refractivity contribution in [2.24, 2.45) is 0 Å². The van der Waals surface area contributed by atoms with Gasteiger partial charge in [0.15, 0.2) is 6.61 Å². The van der Waals surface area contributed by atoms with Crippen LogP contribution >= 0.6 is 0 Å². The molecule has 1 saturated heterocycles. The number of carbonyl (C=O) groups is 4. The first kappa shape index (κ1) is 18.5. The number of hydrogen-bond donors (Lipinski definition) is 2. The summed E-state index contributed by atoms with van der Waals surface area (Å²) in [6.45, 7) is -0.955. The van der Waals surface area contributed by atoms with Gasteiger partial charge in [-0.2, -0.15) is 0 Å². The Labute approximate surface area is 162 Å². The lowest BCUT2D eigenvalue weighted by Gasteiger charge is -2.19. The molecule has 1 aromatic carbocycles. The van der Waals surface area contributed by atoms with E-state index in [0.29, 0.717) is 18.5 Å². The Morgan fingerprint density at radius 2 is 1.86 bits per heavy atom. The molecule has 1 heterocycles. The van der Waals surface area contributed by atoms with E-state index in [1.165, 1.54) is 11.1 Å². The minimum Gasteiger partial charge on any atom is -0.454 e. The number of urea groups is 1. The third-order valence-corrected chi connectivity index (χ3v) is 5.74. The number of hydrogen-bond acceptors (Lipinski definition) is 5. The normalized spacial score (nSPS) is 19.6.